The molecule has 1 amide bonds. The molecule has 1 aromatic carbocycles. The van der Waals surface area contributed by atoms with Crippen LogP contribution in [0.2, 0.25) is 0 Å². The first-order valence-electron chi connectivity index (χ1n) is 8.53. The molecule has 1 aromatic heterocycles. The van der Waals surface area contributed by atoms with Gasteiger partial charge in [0.05, 0.1) is 19.6 Å². The fourth-order valence-corrected chi connectivity index (χ4v) is 4.25. The van der Waals surface area contributed by atoms with Gasteiger partial charge in [-0.1, -0.05) is 18.9 Å². The molecule has 1 N–H and O–H groups in total. The van der Waals surface area contributed by atoms with Crippen molar-refractivity contribution in [1.29, 1.82) is 0 Å². The number of carbonyl (C=O) groups is 1. The molecule has 25 heavy (non-hydrogen) atoms. The van der Waals surface area contributed by atoms with E-state index in [2.05, 4.69) is 10.3 Å². The molecule has 0 bridgehead atoms. The summed E-state index contributed by atoms with van der Waals surface area (Å²) in [6.45, 7) is 2.03. The fraction of sp³-hybridized carbons (Fsp3) is 0.474. The number of aromatic nitrogens is 1. The van der Waals surface area contributed by atoms with Crippen LogP contribution in [0.25, 0.3) is 0 Å². The van der Waals surface area contributed by atoms with Crippen LogP contribution in [0.5, 0.6) is 11.5 Å². The summed E-state index contributed by atoms with van der Waals surface area (Å²) in [5.74, 6) is 1.60. The number of hydrogen-bond acceptors (Lipinski definition) is 5. The summed E-state index contributed by atoms with van der Waals surface area (Å²) in [5.41, 5.74) is 0.313. The van der Waals surface area contributed by atoms with Gasteiger partial charge in [-0.25, -0.2) is 4.98 Å². The van der Waals surface area contributed by atoms with E-state index >= 15 is 0 Å². The highest BCUT2D eigenvalue weighted by Crippen LogP contribution is 2.45. The first-order valence-corrected chi connectivity index (χ1v) is 9.41. The van der Waals surface area contributed by atoms with Crippen LogP contribution in [-0.2, 0) is 10.2 Å². The van der Waals surface area contributed by atoms with Gasteiger partial charge in [0, 0.05) is 11.6 Å². The molecule has 5 nitrogen and oxygen atoms in total. The third-order valence-electron chi connectivity index (χ3n) is 5.28. The van der Waals surface area contributed by atoms with Crippen molar-refractivity contribution in [3.05, 3.63) is 35.3 Å². The second-order valence-electron chi connectivity index (χ2n) is 6.54. The summed E-state index contributed by atoms with van der Waals surface area (Å²) >= 11 is 1.43. The zero-order valence-corrected chi connectivity index (χ0v) is 15.7. The van der Waals surface area contributed by atoms with Gasteiger partial charge in [-0.3, -0.25) is 4.79 Å². The maximum atomic E-state index is 13.3. The molecule has 1 saturated carbocycles. The van der Waals surface area contributed by atoms with Crippen molar-refractivity contribution in [3.8, 4) is 11.5 Å². The maximum absolute atomic E-state index is 13.3. The molecule has 1 aliphatic carbocycles. The smallest absolute Gasteiger partial charge is 0.236 e. The second-order valence-corrected chi connectivity index (χ2v) is 7.44. The summed E-state index contributed by atoms with van der Waals surface area (Å²) in [4.78, 5) is 17.5. The highest BCUT2D eigenvalue weighted by molar-refractivity contribution is 7.13. The summed E-state index contributed by atoms with van der Waals surface area (Å²) in [6, 6.07) is 5.78. The fourth-order valence-electron chi connectivity index (χ4n) is 3.73. The minimum Gasteiger partial charge on any atom is -0.493 e. The number of amides is 1. The van der Waals surface area contributed by atoms with Crippen molar-refractivity contribution in [2.75, 3.05) is 19.5 Å². The lowest BCUT2D eigenvalue weighted by atomic mass is 9.70. The zero-order chi connectivity index (χ0) is 17.9. The number of thiazole rings is 1. The molecule has 1 unspecified atom stereocenters. The number of ether oxygens (including phenoxy) is 2. The number of methoxy groups -OCH3 is 2. The summed E-state index contributed by atoms with van der Waals surface area (Å²) in [6.07, 6.45) is 6.13. The predicted molar refractivity (Wildman–Crippen MR) is 99.6 cm³/mol. The van der Waals surface area contributed by atoms with Crippen molar-refractivity contribution in [2.24, 2.45) is 5.92 Å². The molecule has 0 radical (unpaired) electrons. The van der Waals surface area contributed by atoms with Crippen molar-refractivity contribution in [1.82, 2.24) is 4.98 Å². The summed E-state index contributed by atoms with van der Waals surface area (Å²) in [5, 5.41) is 5.49. The average Bonchev–Trinajstić information content (AvgIpc) is 3.34. The van der Waals surface area contributed by atoms with E-state index < -0.39 is 5.41 Å². The minimum absolute atomic E-state index is 0.0124. The van der Waals surface area contributed by atoms with Crippen LogP contribution < -0.4 is 14.8 Å². The monoisotopic (exact) mass is 360 g/mol. The Morgan fingerprint density at radius 1 is 1.24 bits per heavy atom. The highest BCUT2D eigenvalue weighted by atomic mass is 32.1. The van der Waals surface area contributed by atoms with Gasteiger partial charge in [0.15, 0.2) is 16.6 Å². The number of hydrogen-bond donors (Lipinski definition) is 1. The Bertz CT molecular complexity index is 726. The molecule has 1 fully saturated rings. The van der Waals surface area contributed by atoms with Gasteiger partial charge in [0.25, 0.3) is 0 Å². The molecule has 0 saturated heterocycles. The standard InChI is InChI=1S/C19H24N2O3S/c1-19(13-6-4-5-7-13,17(22)21-18-20-10-11-25-18)14-8-9-15(23-2)16(12-14)24-3/h8-13H,4-7H2,1-3H3,(H,20,21,22). The Hall–Kier alpha value is -2.08. The topological polar surface area (TPSA) is 60.5 Å². The first kappa shape index (κ1) is 17.7. The number of anilines is 1. The van der Waals surface area contributed by atoms with Gasteiger partial charge in [0.1, 0.15) is 0 Å². The van der Waals surface area contributed by atoms with E-state index in [-0.39, 0.29) is 5.91 Å². The van der Waals surface area contributed by atoms with E-state index in [4.69, 9.17) is 9.47 Å². The summed E-state index contributed by atoms with van der Waals surface area (Å²) < 4.78 is 10.8. The lowest BCUT2D eigenvalue weighted by Gasteiger charge is -2.35. The van der Waals surface area contributed by atoms with E-state index in [0.717, 1.165) is 31.2 Å². The lowest BCUT2D eigenvalue weighted by Crippen LogP contribution is -2.43. The van der Waals surface area contributed by atoms with E-state index in [1.165, 1.54) is 11.3 Å². The molecule has 1 atom stereocenters. The number of benzene rings is 1. The third-order valence-corrected chi connectivity index (χ3v) is 5.97. The largest absolute Gasteiger partial charge is 0.493 e. The van der Waals surface area contributed by atoms with Gasteiger partial charge in [-0.05, 0) is 43.4 Å². The van der Waals surface area contributed by atoms with Gasteiger partial charge in [0.2, 0.25) is 5.91 Å². The molecule has 134 valence electrons. The van der Waals surface area contributed by atoms with Crippen LogP contribution in [0.15, 0.2) is 29.8 Å². The Kier molecular flexibility index (Phi) is 5.27. The van der Waals surface area contributed by atoms with Crippen LogP contribution in [0.4, 0.5) is 5.13 Å². The first-order chi connectivity index (χ1) is 12.1. The molecule has 2 aromatic rings. The molecule has 3 rings (SSSR count). The van der Waals surface area contributed by atoms with Gasteiger partial charge in [-0.2, -0.15) is 0 Å². The SMILES string of the molecule is COc1ccc(C(C)(C(=O)Nc2nccs2)C2CCCC2)cc1OC. The van der Waals surface area contributed by atoms with E-state index in [1.807, 2.05) is 30.5 Å². The molecule has 0 aliphatic heterocycles. The van der Waals surface area contributed by atoms with Crippen molar-refractivity contribution in [3.63, 3.8) is 0 Å². The summed E-state index contributed by atoms with van der Waals surface area (Å²) in [7, 11) is 3.23. The van der Waals surface area contributed by atoms with Crippen molar-refractivity contribution < 1.29 is 14.3 Å². The van der Waals surface area contributed by atoms with Crippen molar-refractivity contribution >= 4 is 22.4 Å². The van der Waals surface area contributed by atoms with Crippen LogP contribution in [0, 0.1) is 5.92 Å². The van der Waals surface area contributed by atoms with Crippen LogP contribution >= 0.6 is 11.3 Å². The van der Waals surface area contributed by atoms with Crippen LogP contribution in [0.1, 0.15) is 38.2 Å². The maximum Gasteiger partial charge on any atom is 0.236 e. The Labute approximate surface area is 152 Å². The minimum atomic E-state index is -0.637. The molecule has 6 heteroatoms. The van der Waals surface area contributed by atoms with E-state index in [0.29, 0.717) is 22.5 Å². The molecule has 1 aliphatic rings. The number of carbonyl (C=O) groups excluding carboxylic acids is 1. The molecular formula is C19H24N2O3S. The van der Waals surface area contributed by atoms with Gasteiger partial charge < -0.3 is 14.8 Å². The van der Waals surface area contributed by atoms with Crippen LogP contribution in [0.3, 0.4) is 0 Å². The third kappa shape index (κ3) is 3.35. The van der Waals surface area contributed by atoms with E-state index in [1.54, 1.807) is 20.4 Å². The molecular weight excluding hydrogens is 336 g/mol. The van der Waals surface area contributed by atoms with E-state index in [9.17, 15) is 4.79 Å². The predicted octanol–water partition coefficient (Wildman–Crippen LogP) is 4.25. The lowest BCUT2D eigenvalue weighted by molar-refractivity contribution is -0.122. The quantitative estimate of drug-likeness (QED) is 0.837. The number of nitrogens with one attached hydrogen (secondary N) is 1. The number of rotatable bonds is 6. The molecule has 1 heterocycles. The second kappa shape index (κ2) is 7.44. The Balaban J connectivity index is 2.00. The molecule has 0 spiro atoms. The van der Waals surface area contributed by atoms with Gasteiger partial charge in [-0.15, -0.1) is 11.3 Å². The average molecular weight is 360 g/mol. The zero-order valence-electron chi connectivity index (χ0n) is 14.9. The normalized spacial score (nSPS) is 17.1. The highest BCUT2D eigenvalue weighted by Gasteiger charge is 2.44. The Morgan fingerprint density at radius 2 is 1.96 bits per heavy atom. The van der Waals surface area contributed by atoms with Crippen LogP contribution in [-0.4, -0.2) is 25.1 Å². The number of nitrogens with zero attached hydrogens (tertiary/aromatic N) is 1. The van der Waals surface area contributed by atoms with Gasteiger partial charge >= 0.3 is 0 Å². The van der Waals surface area contributed by atoms with Crippen molar-refractivity contribution in [2.45, 2.75) is 38.0 Å². The Morgan fingerprint density at radius 3 is 2.56 bits per heavy atom.